The van der Waals surface area contributed by atoms with Gasteiger partial charge in [0.25, 0.3) is 5.56 Å². The molecule has 0 saturated carbocycles. The van der Waals surface area contributed by atoms with Crippen molar-refractivity contribution in [1.82, 2.24) is 15.1 Å². The first-order valence-electron chi connectivity index (χ1n) is 9.99. The van der Waals surface area contributed by atoms with Crippen LogP contribution in [0.4, 0.5) is 4.39 Å². The molecule has 1 aromatic heterocycles. The molecule has 2 aromatic carbocycles. The predicted molar refractivity (Wildman–Crippen MR) is 113 cm³/mol. The van der Waals surface area contributed by atoms with E-state index in [0.717, 1.165) is 16.7 Å². The summed E-state index contributed by atoms with van der Waals surface area (Å²) in [5.41, 5.74) is 2.06. The lowest BCUT2D eigenvalue weighted by Gasteiger charge is -2.11. The number of benzene rings is 2. The van der Waals surface area contributed by atoms with E-state index in [4.69, 9.17) is 9.47 Å². The number of carbonyl (C=O) groups is 1. The molecular weight excluding hydrogens is 401 g/mol. The minimum absolute atomic E-state index is 0.159. The Hall–Kier alpha value is -3.68. The predicted octanol–water partition coefficient (Wildman–Crippen LogP) is 2.84. The van der Waals surface area contributed by atoms with Crippen LogP contribution >= 0.6 is 0 Å². The number of amides is 1. The van der Waals surface area contributed by atoms with Crippen LogP contribution in [-0.4, -0.2) is 28.9 Å². The summed E-state index contributed by atoms with van der Waals surface area (Å²) in [7, 11) is 0. The average molecular weight is 423 g/mol. The molecule has 1 aliphatic heterocycles. The summed E-state index contributed by atoms with van der Waals surface area (Å²) in [4.78, 5) is 24.5. The summed E-state index contributed by atoms with van der Waals surface area (Å²) in [6.45, 7) is 2.75. The highest BCUT2D eigenvalue weighted by Crippen LogP contribution is 2.33. The zero-order valence-electron chi connectivity index (χ0n) is 17.1. The van der Waals surface area contributed by atoms with Gasteiger partial charge in [-0.15, -0.1) is 0 Å². The van der Waals surface area contributed by atoms with E-state index in [1.54, 1.807) is 31.2 Å². The van der Waals surface area contributed by atoms with Crippen LogP contribution in [0.2, 0.25) is 0 Å². The van der Waals surface area contributed by atoms with Crippen LogP contribution in [-0.2, 0) is 17.9 Å². The van der Waals surface area contributed by atoms with Gasteiger partial charge in [0, 0.05) is 24.6 Å². The van der Waals surface area contributed by atoms with E-state index in [-0.39, 0.29) is 18.9 Å². The van der Waals surface area contributed by atoms with Gasteiger partial charge in [0.2, 0.25) is 5.91 Å². The average Bonchev–Trinajstić information content (AvgIpc) is 3.01. The SMILES string of the molecule is Cc1ccc(CNC(=O)Cn2nc(-c3ccc4c(c3)OCCCO4)ccc2=O)cc1F. The molecule has 160 valence electrons. The number of aryl methyl sites for hydroxylation is 1. The molecule has 0 aliphatic carbocycles. The van der Waals surface area contributed by atoms with Crippen molar-refractivity contribution >= 4 is 5.91 Å². The van der Waals surface area contributed by atoms with Crippen molar-refractivity contribution in [2.75, 3.05) is 13.2 Å². The maximum absolute atomic E-state index is 13.7. The van der Waals surface area contributed by atoms with E-state index in [9.17, 15) is 14.0 Å². The Balaban J connectivity index is 1.47. The second-order valence-corrected chi connectivity index (χ2v) is 7.29. The van der Waals surface area contributed by atoms with E-state index in [1.807, 2.05) is 12.1 Å². The zero-order valence-corrected chi connectivity index (χ0v) is 17.1. The Kier molecular flexibility index (Phi) is 5.97. The third kappa shape index (κ3) is 4.91. The van der Waals surface area contributed by atoms with Crippen molar-refractivity contribution in [1.29, 1.82) is 0 Å². The van der Waals surface area contributed by atoms with Gasteiger partial charge in [-0.25, -0.2) is 9.07 Å². The van der Waals surface area contributed by atoms with Gasteiger partial charge in [0.15, 0.2) is 11.5 Å². The molecule has 1 aliphatic rings. The molecule has 7 nitrogen and oxygen atoms in total. The quantitative estimate of drug-likeness (QED) is 0.683. The fourth-order valence-corrected chi connectivity index (χ4v) is 3.18. The highest BCUT2D eigenvalue weighted by atomic mass is 19.1. The topological polar surface area (TPSA) is 82.5 Å². The minimum Gasteiger partial charge on any atom is -0.490 e. The van der Waals surface area contributed by atoms with Crippen LogP contribution in [0.25, 0.3) is 11.3 Å². The highest BCUT2D eigenvalue weighted by Gasteiger charge is 2.13. The zero-order chi connectivity index (χ0) is 21.8. The Labute approximate surface area is 178 Å². The molecule has 0 fully saturated rings. The van der Waals surface area contributed by atoms with Crippen LogP contribution in [0.15, 0.2) is 53.3 Å². The fraction of sp³-hybridized carbons (Fsp3) is 0.261. The van der Waals surface area contributed by atoms with Crippen LogP contribution in [0.1, 0.15) is 17.5 Å². The van der Waals surface area contributed by atoms with Gasteiger partial charge in [-0.2, -0.15) is 5.10 Å². The van der Waals surface area contributed by atoms with Crippen LogP contribution < -0.4 is 20.3 Å². The molecule has 0 unspecified atom stereocenters. The number of aromatic nitrogens is 2. The Bertz CT molecular complexity index is 1180. The maximum atomic E-state index is 13.7. The van der Waals surface area contributed by atoms with Crippen LogP contribution in [0.5, 0.6) is 11.5 Å². The number of hydrogen-bond acceptors (Lipinski definition) is 5. The molecule has 1 amide bonds. The molecule has 0 radical (unpaired) electrons. The lowest BCUT2D eigenvalue weighted by molar-refractivity contribution is -0.122. The molecule has 31 heavy (non-hydrogen) atoms. The number of nitrogens with one attached hydrogen (secondary N) is 1. The number of ether oxygens (including phenoxy) is 2. The van der Waals surface area contributed by atoms with Crippen molar-refractivity contribution in [3.8, 4) is 22.8 Å². The van der Waals surface area contributed by atoms with E-state index >= 15 is 0 Å². The molecule has 3 aromatic rings. The first kappa shape index (κ1) is 20.6. The number of halogens is 1. The van der Waals surface area contributed by atoms with Crippen LogP contribution in [0, 0.1) is 12.7 Å². The second-order valence-electron chi connectivity index (χ2n) is 7.29. The molecule has 2 heterocycles. The van der Waals surface area contributed by atoms with Gasteiger partial charge in [-0.05, 0) is 48.4 Å². The van der Waals surface area contributed by atoms with Crippen molar-refractivity contribution in [2.24, 2.45) is 0 Å². The van der Waals surface area contributed by atoms with Crippen molar-refractivity contribution in [3.63, 3.8) is 0 Å². The third-order valence-corrected chi connectivity index (χ3v) is 4.93. The maximum Gasteiger partial charge on any atom is 0.267 e. The number of fused-ring (bicyclic) bond motifs is 1. The fourth-order valence-electron chi connectivity index (χ4n) is 3.18. The molecule has 0 bridgehead atoms. The Morgan fingerprint density at radius 2 is 1.90 bits per heavy atom. The molecular formula is C23H22FN3O4. The second kappa shape index (κ2) is 8.99. The summed E-state index contributed by atoms with van der Waals surface area (Å²) in [5.74, 6) is 0.568. The molecule has 0 spiro atoms. The summed E-state index contributed by atoms with van der Waals surface area (Å²) in [6, 6.07) is 13.2. The number of carbonyl (C=O) groups excluding carboxylic acids is 1. The molecule has 1 N–H and O–H groups in total. The first-order valence-corrected chi connectivity index (χ1v) is 9.99. The monoisotopic (exact) mass is 423 g/mol. The first-order chi connectivity index (χ1) is 15.0. The highest BCUT2D eigenvalue weighted by molar-refractivity contribution is 5.75. The lowest BCUT2D eigenvalue weighted by Crippen LogP contribution is -2.33. The molecule has 0 atom stereocenters. The molecule has 4 rings (SSSR count). The Morgan fingerprint density at radius 1 is 1.10 bits per heavy atom. The number of rotatable bonds is 5. The van der Waals surface area contributed by atoms with Gasteiger partial charge >= 0.3 is 0 Å². The van der Waals surface area contributed by atoms with Gasteiger partial charge in [-0.1, -0.05) is 12.1 Å². The molecule has 0 saturated heterocycles. The number of hydrogen-bond donors (Lipinski definition) is 1. The molecule has 8 heteroatoms. The third-order valence-electron chi connectivity index (χ3n) is 4.93. The lowest BCUT2D eigenvalue weighted by atomic mass is 10.1. The Morgan fingerprint density at radius 3 is 2.71 bits per heavy atom. The van der Waals surface area contributed by atoms with E-state index in [0.29, 0.717) is 41.5 Å². The van der Waals surface area contributed by atoms with E-state index in [2.05, 4.69) is 10.4 Å². The van der Waals surface area contributed by atoms with E-state index in [1.165, 1.54) is 12.1 Å². The van der Waals surface area contributed by atoms with Crippen molar-refractivity contribution in [3.05, 3.63) is 75.8 Å². The van der Waals surface area contributed by atoms with Gasteiger partial charge in [0.05, 0.1) is 18.9 Å². The van der Waals surface area contributed by atoms with Crippen molar-refractivity contribution in [2.45, 2.75) is 26.4 Å². The summed E-state index contributed by atoms with van der Waals surface area (Å²) in [6.07, 6.45) is 0.803. The number of nitrogens with zero attached hydrogens (tertiary/aromatic N) is 2. The minimum atomic E-state index is -0.397. The van der Waals surface area contributed by atoms with Gasteiger partial charge in [0.1, 0.15) is 12.4 Å². The summed E-state index contributed by atoms with van der Waals surface area (Å²) < 4.78 is 26.1. The van der Waals surface area contributed by atoms with Gasteiger partial charge < -0.3 is 14.8 Å². The van der Waals surface area contributed by atoms with Crippen LogP contribution in [0.3, 0.4) is 0 Å². The normalized spacial score (nSPS) is 12.8. The summed E-state index contributed by atoms with van der Waals surface area (Å²) in [5, 5.41) is 7.01. The van der Waals surface area contributed by atoms with Gasteiger partial charge in [-0.3, -0.25) is 9.59 Å². The smallest absolute Gasteiger partial charge is 0.267 e. The summed E-state index contributed by atoms with van der Waals surface area (Å²) >= 11 is 0. The van der Waals surface area contributed by atoms with Crippen molar-refractivity contribution < 1.29 is 18.7 Å². The van der Waals surface area contributed by atoms with E-state index < -0.39 is 11.5 Å². The standard InChI is InChI=1S/C23H22FN3O4/c1-15-3-4-16(11-18(15)24)13-25-22(28)14-27-23(29)8-6-19(26-27)17-5-7-20-21(12-17)31-10-2-9-30-20/h3-8,11-12H,2,9-10,13-14H2,1H3,(H,25,28). The largest absolute Gasteiger partial charge is 0.490 e.